The lowest BCUT2D eigenvalue weighted by molar-refractivity contribution is -0.151. The maximum Gasteiger partial charge on any atom is 0.311 e. The number of ketones is 1. The zero-order valence-corrected chi connectivity index (χ0v) is 17.0. The first-order chi connectivity index (χ1) is 13.9. The van der Waals surface area contributed by atoms with Crippen molar-refractivity contribution in [2.45, 2.75) is 26.0 Å². The highest BCUT2D eigenvalue weighted by Gasteiger charge is 2.36. The first kappa shape index (κ1) is 20.9. The number of likely N-dealkylation sites (tertiary alicyclic amines) is 1. The van der Waals surface area contributed by atoms with E-state index in [0.717, 1.165) is 5.56 Å². The molecule has 0 radical (unpaired) electrons. The highest BCUT2D eigenvalue weighted by Crippen LogP contribution is 2.25. The molecule has 152 valence electrons. The fourth-order valence-corrected chi connectivity index (χ4v) is 3.42. The van der Waals surface area contributed by atoms with Crippen LogP contribution in [0.25, 0.3) is 0 Å². The van der Waals surface area contributed by atoms with Crippen LogP contribution in [0.4, 0.5) is 0 Å². The summed E-state index contributed by atoms with van der Waals surface area (Å²) < 4.78 is 10.4. The number of nitrogens with zero attached hydrogens (tertiary/aromatic N) is 1. The zero-order chi connectivity index (χ0) is 21.0. The smallest absolute Gasteiger partial charge is 0.311 e. The Bertz CT molecular complexity index is 912. The summed E-state index contributed by atoms with van der Waals surface area (Å²) in [6, 6.07) is 13.9. The number of hydrogen-bond donors (Lipinski definition) is 0. The molecule has 1 heterocycles. The van der Waals surface area contributed by atoms with Crippen LogP contribution in [0.1, 0.15) is 29.3 Å². The maximum atomic E-state index is 12.5. The van der Waals surface area contributed by atoms with Crippen LogP contribution in [0.2, 0.25) is 5.02 Å². The van der Waals surface area contributed by atoms with Crippen LogP contribution >= 0.6 is 11.6 Å². The molecule has 2 aromatic carbocycles. The highest BCUT2D eigenvalue weighted by molar-refractivity contribution is 6.31. The van der Waals surface area contributed by atoms with E-state index in [9.17, 15) is 14.4 Å². The van der Waals surface area contributed by atoms with Gasteiger partial charge in [-0.05, 0) is 42.8 Å². The molecule has 0 spiro atoms. The van der Waals surface area contributed by atoms with E-state index in [1.165, 1.54) is 6.92 Å². The molecule has 6 nitrogen and oxygen atoms in total. The van der Waals surface area contributed by atoms with Crippen molar-refractivity contribution in [1.82, 2.24) is 4.90 Å². The third-order valence-electron chi connectivity index (χ3n) is 4.90. The number of benzene rings is 2. The molecule has 1 saturated heterocycles. The van der Waals surface area contributed by atoms with Crippen molar-refractivity contribution in [2.24, 2.45) is 5.92 Å². The van der Waals surface area contributed by atoms with Gasteiger partial charge in [0.05, 0.1) is 13.0 Å². The molecule has 0 saturated carbocycles. The first-order valence-corrected chi connectivity index (χ1v) is 9.66. The van der Waals surface area contributed by atoms with E-state index in [-0.39, 0.29) is 24.7 Å². The van der Waals surface area contributed by atoms with E-state index in [1.54, 1.807) is 42.3 Å². The first-order valence-electron chi connectivity index (χ1n) is 9.29. The predicted molar refractivity (Wildman–Crippen MR) is 108 cm³/mol. The molecular weight excluding hydrogens is 394 g/mol. The third-order valence-corrected chi connectivity index (χ3v) is 5.27. The minimum atomic E-state index is -0.941. The van der Waals surface area contributed by atoms with Gasteiger partial charge in [0.25, 0.3) is 0 Å². The van der Waals surface area contributed by atoms with Gasteiger partial charge < -0.3 is 14.4 Å². The fourth-order valence-electron chi connectivity index (χ4n) is 3.23. The summed E-state index contributed by atoms with van der Waals surface area (Å²) in [7, 11) is 1.54. The van der Waals surface area contributed by atoms with Gasteiger partial charge in [-0.25, -0.2) is 0 Å². The average Bonchev–Trinajstić information content (AvgIpc) is 3.09. The molecule has 1 aliphatic rings. The molecule has 1 aliphatic heterocycles. The maximum absolute atomic E-state index is 12.5. The van der Waals surface area contributed by atoms with Crippen LogP contribution in [0.3, 0.4) is 0 Å². The molecule has 0 aromatic heterocycles. The lowest BCUT2D eigenvalue weighted by Crippen LogP contribution is -2.30. The molecule has 0 bridgehead atoms. The van der Waals surface area contributed by atoms with Gasteiger partial charge in [0.1, 0.15) is 5.75 Å². The van der Waals surface area contributed by atoms with E-state index >= 15 is 0 Å². The molecule has 3 rings (SSSR count). The van der Waals surface area contributed by atoms with Crippen molar-refractivity contribution < 1.29 is 23.9 Å². The second-order valence-electron chi connectivity index (χ2n) is 6.94. The van der Waals surface area contributed by atoms with E-state index < -0.39 is 18.0 Å². The Kier molecular flexibility index (Phi) is 6.54. The van der Waals surface area contributed by atoms with Gasteiger partial charge in [-0.1, -0.05) is 29.8 Å². The van der Waals surface area contributed by atoms with Crippen LogP contribution in [0.15, 0.2) is 48.5 Å². The molecule has 2 atom stereocenters. The van der Waals surface area contributed by atoms with Gasteiger partial charge in [-0.15, -0.1) is 0 Å². The molecule has 0 aliphatic carbocycles. The van der Waals surface area contributed by atoms with Crippen LogP contribution in [-0.4, -0.2) is 42.3 Å². The normalized spacial score (nSPS) is 17.1. The number of amides is 1. The van der Waals surface area contributed by atoms with Gasteiger partial charge in [0.15, 0.2) is 6.10 Å². The van der Waals surface area contributed by atoms with Crippen molar-refractivity contribution in [3.8, 4) is 5.75 Å². The molecule has 1 fully saturated rings. The number of halogens is 1. The lowest BCUT2D eigenvalue weighted by atomic mass is 10.1. The number of methoxy groups -OCH3 is 1. The lowest BCUT2D eigenvalue weighted by Gasteiger charge is -2.18. The van der Waals surface area contributed by atoms with Gasteiger partial charge in [-0.2, -0.15) is 0 Å². The third kappa shape index (κ3) is 4.95. The molecular formula is C22H22ClNO5. The Hall–Kier alpha value is -2.86. The molecule has 1 amide bonds. The molecule has 29 heavy (non-hydrogen) atoms. The van der Waals surface area contributed by atoms with E-state index in [4.69, 9.17) is 21.1 Å². The topological polar surface area (TPSA) is 72.9 Å². The molecule has 7 heteroatoms. The van der Waals surface area contributed by atoms with E-state index in [0.29, 0.717) is 22.9 Å². The highest BCUT2D eigenvalue weighted by atomic mass is 35.5. The van der Waals surface area contributed by atoms with Crippen molar-refractivity contribution in [2.75, 3.05) is 13.7 Å². The quantitative estimate of drug-likeness (QED) is 0.511. The number of ether oxygens (including phenoxy) is 2. The number of hydrogen-bond acceptors (Lipinski definition) is 5. The Morgan fingerprint density at radius 1 is 1.17 bits per heavy atom. The number of carbonyl (C=O) groups is 3. The van der Waals surface area contributed by atoms with Crippen molar-refractivity contribution >= 4 is 29.3 Å². The number of esters is 1. The summed E-state index contributed by atoms with van der Waals surface area (Å²) in [6.07, 6.45) is -0.879. The van der Waals surface area contributed by atoms with Gasteiger partial charge in [-0.3, -0.25) is 14.4 Å². The Labute approximate surface area is 174 Å². The fraction of sp³-hybridized carbons (Fsp3) is 0.318. The molecule has 0 unspecified atom stereocenters. The standard InChI is InChI=1S/C22H22ClNO5/c1-14(21(26)15-7-9-18(28-2)10-8-15)29-22(27)17-11-20(25)24(13-17)12-16-5-3-4-6-19(16)23/h3-10,14,17H,11-13H2,1-2H3/t14-,17-/m1/s1. The second kappa shape index (κ2) is 9.09. The van der Waals surface area contributed by atoms with Crippen LogP contribution in [0, 0.1) is 5.92 Å². The average molecular weight is 416 g/mol. The molecule has 2 aromatic rings. The van der Waals surface area contributed by atoms with Crippen molar-refractivity contribution in [3.63, 3.8) is 0 Å². The van der Waals surface area contributed by atoms with Crippen molar-refractivity contribution in [3.05, 3.63) is 64.7 Å². The summed E-state index contributed by atoms with van der Waals surface area (Å²) >= 11 is 6.16. The van der Waals surface area contributed by atoms with Gasteiger partial charge in [0, 0.05) is 30.1 Å². The Morgan fingerprint density at radius 3 is 2.52 bits per heavy atom. The summed E-state index contributed by atoms with van der Waals surface area (Å²) in [6.45, 7) is 2.11. The van der Waals surface area contributed by atoms with Crippen LogP contribution in [0.5, 0.6) is 5.75 Å². The molecule has 0 N–H and O–H groups in total. The van der Waals surface area contributed by atoms with Gasteiger partial charge >= 0.3 is 5.97 Å². The van der Waals surface area contributed by atoms with Gasteiger partial charge in [0.2, 0.25) is 11.7 Å². The van der Waals surface area contributed by atoms with E-state index in [1.807, 2.05) is 18.2 Å². The summed E-state index contributed by atoms with van der Waals surface area (Å²) in [5, 5.41) is 0.574. The van der Waals surface area contributed by atoms with Crippen molar-refractivity contribution in [1.29, 1.82) is 0 Å². The summed E-state index contributed by atoms with van der Waals surface area (Å²) in [4.78, 5) is 38.9. The minimum Gasteiger partial charge on any atom is -0.497 e. The summed E-state index contributed by atoms with van der Waals surface area (Å²) in [5.41, 5.74) is 1.24. The Morgan fingerprint density at radius 2 is 1.86 bits per heavy atom. The predicted octanol–water partition coefficient (Wildman–Crippen LogP) is 3.51. The summed E-state index contributed by atoms with van der Waals surface area (Å²) in [5.74, 6) is -0.959. The number of Topliss-reactive ketones (excluding diaryl/α,β-unsaturated/α-hetero) is 1. The largest absolute Gasteiger partial charge is 0.497 e. The number of carbonyl (C=O) groups excluding carboxylic acids is 3. The monoisotopic (exact) mass is 415 g/mol. The SMILES string of the molecule is COc1ccc(C(=O)[C@@H](C)OC(=O)[C@@H]2CC(=O)N(Cc3ccccc3Cl)C2)cc1. The van der Waals surface area contributed by atoms with Crippen LogP contribution in [-0.2, 0) is 20.9 Å². The minimum absolute atomic E-state index is 0.0622. The van der Waals surface area contributed by atoms with Crippen LogP contribution < -0.4 is 4.74 Å². The van der Waals surface area contributed by atoms with E-state index in [2.05, 4.69) is 0 Å². The number of rotatable bonds is 7. The zero-order valence-electron chi connectivity index (χ0n) is 16.3. The Balaban J connectivity index is 1.58. The second-order valence-corrected chi connectivity index (χ2v) is 7.35.